The molecule has 0 spiro atoms. The molecule has 3 heteroatoms. The van der Waals surface area contributed by atoms with Gasteiger partial charge in [0.15, 0.2) is 0 Å². The minimum atomic E-state index is 0.0248. The van der Waals surface area contributed by atoms with Gasteiger partial charge in [0.05, 0.1) is 0 Å². The third-order valence-corrected chi connectivity index (χ3v) is 3.62. The predicted octanol–water partition coefficient (Wildman–Crippen LogP) is 3.85. The molecule has 0 bridgehead atoms. The SMILES string of the molecule is CCCN(CCC(N)c1ccccc1Cl)C(C)C. The fourth-order valence-electron chi connectivity index (χ4n) is 2.15. The Morgan fingerprint density at radius 1 is 1.22 bits per heavy atom. The predicted molar refractivity (Wildman–Crippen MR) is 80.0 cm³/mol. The Morgan fingerprint density at radius 3 is 2.44 bits per heavy atom. The van der Waals surface area contributed by atoms with E-state index >= 15 is 0 Å². The van der Waals surface area contributed by atoms with Crippen LogP contribution in [0.1, 0.15) is 45.2 Å². The van der Waals surface area contributed by atoms with Gasteiger partial charge in [0.1, 0.15) is 0 Å². The van der Waals surface area contributed by atoms with Gasteiger partial charge in [0.2, 0.25) is 0 Å². The smallest absolute Gasteiger partial charge is 0.0453 e. The van der Waals surface area contributed by atoms with Gasteiger partial charge >= 0.3 is 0 Å². The van der Waals surface area contributed by atoms with Crippen LogP contribution in [0.2, 0.25) is 5.02 Å². The van der Waals surface area contributed by atoms with Crippen molar-refractivity contribution in [3.63, 3.8) is 0 Å². The van der Waals surface area contributed by atoms with Crippen molar-refractivity contribution in [3.8, 4) is 0 Å². The van der Waals surface area contributed by atoms with Crippen LogP contribution in [0, 0.1) is 0 Å². The van der Waals surface area contributed by atoms with Gasteiger partial charge in [-0.05, 0) is 44.9 Å². The molecule has 1 unspecified atom stereocenters. The molecule has 0 heterocycles. The van der Waals surface area contributed by atoms with Crippen molar-refractivity contribution < 1.29 is 0 Å². The quantitative estimate of drug-likeness (QED) is 0.814. The number of hydrogen-bond acceptors (Lipinski definition) is 2. The lowest BCUT2D eigenvalue weighted by molar-refractivity contribution is 0.214. The number of benzene rings is 1. The van der Waals surface area contributed by atoms with Crippen molar-refractivity contribution in [3.05, 3.63) is 34.9 Å². The van der Waals surface area contributed by atoms with Gasteiger partial charge in [-0.1, -0.05) is 36.7 Å². The maximum absolute atomic E-state index is 6.23. The van der Waals surface area contributed by atoms with E-state index in [1.165, 1.54) is 6.42 Å². The van der Waals surface area contributed by atoms with Crippen molar-refractivity contribution in [2.75, 3.05) is 13.1 Å². The third kappa shape index (κ3) is 4.60. The highest BCUT2D eigenvalue weighted by atomic mass is 35.5. The van der Waals surface area contributed by atoms with Crippen LogP contribution in [0.25, 0.3) is 0 Å². The second-order valence-corrected chi connectivity index (χ2v) is 5.45. The zero-order valence-electron chi connectivity index (χ0n) is 11.7. The minimum absolute atomic E-state index is 0.0248. The zero-order valence-corrected chi connectivity index (χ0v) is 12.5. The Hall–Kier alpha value is -0.570. The molecule has 1 atom stereocenters. The highest BCUT2D eigenvalue weighted by Gasteiger charge is 2.13. The largest absolute Gasteiger partial charge is 0.324 e. The van der Waals surface area contributed by atoms with Crippen LogP contribution >= 0.6 is 11.6 Å². The average Bonchev–Trinajstić information content (AvgIpc) is 2.34. The number of halogens is 1. The molecule has 1 rings (SSSR count). The summed E-state index contributed by atoms with van der Waals surface area (Å²) in [4.78, 5) is 2.47. The van der Waals surface area contributed by atoms with Gasteiger partial charge in [-0.25, -0.2) is 0 Å². The summed E-state index contributed by atoms with van der Waals surface area (Å²) in [5, 5.41) is 0.775. The first-order valence-electron chi connectivity index (χ1n) is 6.80. The molecule has 0 amide bonds. The van der Waals surface area contributed by atoms with E-state index in [1.807, 2.05) is 24.3 Å². The molecule has 0 aliphatic rings. The van der Waals surface area contributed by atoms with Crippen molar-refractivity contribution in [2.24, 2.45) is 5.73 Å². The van der Waals surface area contributed by atoms with E-state index < -0.39 is 0 Å². The monoisotopic (exact) mass is 268 g/mol. The first-order chi connectivity index (χ1) is 8.56. The van der Waals surface area contributed by atoms with Crippen LogP contribution in [-0.2, 0) is 0 Å². The lowest BCUT2D eigenvalue weighted by atomic mass is 10.0. The molecule has 0 saturated carbocycles. The van der Waals surface area contributed by atoms with Crippen molar-refractivity contribution in [2.45, 2.75) is 45.7 Å². The summed E-state index contributed by atoms with van der Waals surface area (Å²) < 4.78 is 0. The first-order valence-corrected chi connectivity index (χ1v) is 7.18. The Morgan fingerprint density at radius 2 is 1.89 bits per heavy atom. The molecule has 0 fully saturated rings. The molecule has 0 aliphatic heterocycles. The highest BCUT2D eigenvalue weighted by Crippen LogP contribution is 2.23. The molecule has 2 nitrogen and oxygen atoms in total. The summed E-state index contributed by atoms with van der Waals surface area (Å²) in [5.74, 6) is 0. The van der Waals surface area contributed by atoms with Crippen LogP contribution in [-0.4, -0.2) is 24.0 Å². The molecule has 1 aromatic rings. The van der Waals surface area contributed by atoms with E-state index in [-0.39, 0.29) is 6.04 Å². The minimum Gasteiger partial charge on any atom is -0.324 e. The summed E-state index contributed by atoms with van der Waals surface area (Å²) in [6.07, 6.45) is 2.13. The maximum atomic E-state index is 6.23. The van der Waals surface area contributed by atoms with Crippen molar-refractivity contribution in [1.82, 2.24) is 4.90 Å². The van der Waals surface area contributed by atoms with E-state index in [0.29, 0.717) is 6.04 Å². The molecular formula is C15H25ClN2. The van der Waals surface area contributed by atoms with Crippen LogP contribution in [0.3, 0.4) is 0 Å². The van der Waals surface area contributed by atoms with E-state index in [2.05, 4.69) is 25.7 Å². The Bertz CT molecular complexity index is 352. The Balaban J connectivity index is 2.54. The summed E-state index contributed by atoms with van der Waals surface area (Å²) >= 11 is 6.16. The van der Waals surface area contributed by atoms with Crippen LogP contribution in [0.5, 0.6) is 0 Å². The van der Waals surface area contributed by atoms with Gasteiger partial charge in [0, 0.05) is 23.7 Å². The second kappa shape index (κ2) is 7.78. The van der Waals surface area contributed by atoms with E-state index in [0.717, 1.165) is 30.1 Å². The third-order valence-electron chi connectivity index (χ3n) is 3.27. The highest BCUT2D eigenvalue weighted by molar-refractivity contribution is 6.31. The molecule has 1 aromatic carbocycles. The average molecular weight is 269 g/mol. The van der Waals surface area contributed by atoms with Crippen LogP contribution < -0.4 is 5.73 Å². The second-order valence-electron chi connectivity index (χ2n) is 5.05. The first kappa shape index (κ1) is 15.5. The van der Waals surface area contributed by atoms with Gasteiger partial charge < -0.3 is 10.6 Å². The van der Waals surface area contributed by atoms with Gasteiger partial charge in [-0.3, -0.25) is 0 Å². The molecule has 0 radical (unpaired) electrons. The lowest BCUT2D eigenvalue weighted by Gasteiger charge is -2.27. The van der Waals surface area contributed by atoms with E-state index in [1.54, 1.807) is 0 Å². The number of hydrogen-bond donors (Lipinski definition) is 1. The van der Waals surface area contributed by atoms with Crippen molar-refractivity contribution in [1.29, 1.82) is 0 Å². The number of nitrogens with zero attached hydrogens (tertiary/aromatic N) is 1. The zero-order chi connectivity index (χ0) is 13.5. The molecule has 0 aliphatic carbocycles. The fourth-order valence-corrected chi connectivity index (χ4v) is 2.43. The molecule has 102 valence electrons. The standard InChI is InChI=1S/C15H25ClN2/c1-4-10-18(12(2)3)11-9-15(17)13-7-5-6-8-14(13)16/h5-8,12,15H,4,9-11,17H2,1-3H3. The Labute approximate surface area is 116 Å². The number of rotatable bonds is 7. The topological polar surface area (TPSA) is 29.3 Å². The van der Waals surface area contributed by atoms with Crippen molar-refractivity contribution >= 4 is 11.6 Å². The van der Waals surface area contributed by atoms with E-state index in [4.69, 9.17) is 17.3 Å². The van der Waals surface area contributed by atoms with Crippen LogP contribution in [0.15, 0.2) is 24.3 Å². The lowest BCUT2D eigenvalue weighted by Crippen LogP contribution is -2.34. The molecule has 0 saturated heterocycles. The fraction of sp³-hybridized carbons (Fsp3) is 0.600. The molecule has 2 N–H and O–H groups in total. The normalized spacial score (nSPS) is 13.3. The molecule has 18 heavy (non-hydrogen) atoms. The van der Waals surface area contributed by atoms with E-state index in [9.17, 15) is 0 Å². The summed E-state index contributed by atoms with van der Waals surface area (Å²) in [5.41, 5.74) is 7.28. The number of nitrogens with two attached hydrogens (primary N) is 1. The van der Waals surface area contributed by atoms with Gasteiger partial charge in [-0.15, -0.1) is 0 Å². The van der Waals surface area contributed by atoms with Gasteiger partial charge in [0.25, 0.3) is 0 Å². The van der Waals surface area contributed by atoms with Gasteiger partial charge in [-0.2, -0.15) is 0 Å². The maximum Gasteiger partial charge on any atom is 0.0453 e. The summed E-state index contributed by atoms with van der Waals surface area (Å²) in [6.45, 7) is 8.83. The molecular weight excluding hydrogens is 244 g/mol. The molecule has 0 aromatic heterocycles. The van der Waals surface area contributed by atoms with Crippen LogP contribution in [0.4, 0.5) is 0 Å². The summed E-state index contributed by atoms with van der Waals surface area (Å²) in [6, 6.07) is 8.46. The summed E-state index contributed by atoms with van der Waals surface area (Å²) in [7, 11) is 0. The Kier molecular flexibility index (Phi) is 6.69.